The highest BCUT2D eigenvalue weighted by molar-refractivity contribution is 7.10. The molecule has 1 aliphatic rings. The molecule has 0 saturated heterocycles. The van der Waals surface area contributed by atoms with Crippen molar-refractivity contribution in [2.24, 2.45) is 10.7 Å². The molecule has 1 aromatic carbocycles. The average molecular weight is 271 g/mol. The fourth-order valence-electron chi connectivity index (χ4n) is 2.48. The van der Waals surface area contributed by atoms with Gasteiger partial charge in [0.25, 0.3) is 0 Å². The average Bonchev–Trinajstić information content (AvgIpc) is 2.92. The highest BCUT2D eigenvalue weighted by atomic mass is 32.1. The highest BCUT2D eigenvalue weighted by Gasteiger charge is 2.24. The summed E-state index contributed by atoms with van der Waals surface area (Å²) in [7, 11) is 0. The third-order valence-electron chi connectivity index (χ3n) is 3.39. The Labute approximate surface area is 117 Å². The lowest BCUT2D eigenvalue weighted by Crippen LogP contribution is -2.39. The quantitative estimate of drug-likeness (QED) is 0.881. The monoisotopic (exact) mass is 271 g/mol. The Morgan fingerprint density at radius 3 is 2.95 bits per heavy atom. The third kappa shape index (κ3) is 2.63. The lowest BCUT2D eigenvalue weighted by atomic mass is 9.96. The lowest BCUT2D eigenvalue weighted by Gasteiger charge is -2.28. The molecule has 4 heteroatoms. The molecule has 3 nitrogen and oxygen atoms in total. The van der Waals surface area contributed by atoms with Gasteiger partial charge in [-0.2, -0.15) is 0 Å². The van der Waals surface area contributed by atoms with Crippen molar-refractivity contribution in [3.8, 4) is 0 Å². The Hall–Kier alpha value is -1.81. The van der Waals surface area contributed by atoms with E-state index in [0.717, 1.165) is 6.42 Å². The second kappa shape index (κ2) is 5.05. The number of thiophene rings is 1. The number of nitrogens with zero attached hydrogens (tertiary/aromatic N) is 1. The molecule has 19 heavy (non-hydrogen) atoms. The molecular weight excluding hydrogens is 254 g/mol. The van der Waals surface area contributed by atoms with E-state index in [0.29, 0.717) is 5.96 Å². The fourth-order valence-corrected chi connectivity index (χ4v) is 3.27. The van der Waals surface area contributed by atoms with Crippen LogP contribution in [-0.2, 0) is 0 Å². The maximum atomic E-state index is 5.94. The van der Waals surface area contributed by atoms with Gasteiger partial charge in [-0.1, -0.05) is 35.9 Å². The largest absolute Gasteiger partial charge is 0.370 e. The molecule has 0 aliphatic carbocycles. The van der Waals surface area contributed by atoms with Gasteiger partial charge in [0.2, 0.25) is 0 Å². The molecule has 2 heterocycles. The van der Waals surface area contributed by atoms with Gasteiger partial charge in [-0.3, -0.25) is 0 Å². The van der Waals surface area contributed by atoms with Crippen LogP contribution in [-0.4, -0.2) is 5.96 Å². The van der Waals surface area contributed by atoms with E-state index in [2.05, 4.69) is 59.0 Å². The van der Waals surface area contributed by atoms with E-state index in [4.69, 9.17) is 5.73 Å². The van der Waals surface area contributed by atoms with Crippen molar-refractivity contribution in [3.63, 3.8) is 0 Å². The molecule has 98 valence electrons. The highest BCUT2D eigenvalue weighted by Crippen LogP contribution is 2.34. The zero-order valence-electron chi connectivity index (χ0n) is 10.8. The van der Waals surface area contributed by atoms with Gasteiger partial charge in [0.15, 0.2) is 5.96 Å². The van der Waals surface area contributed by atoms with Crippen LogP contribution in [0.2, 0.25) is 0 Å². The Morgan fingerprint density at radius 1 is 1.32 bits per heavy atom. The molecule has 3 N–H and O–H groups in total. The third-order valence-corrected chi connectivity index (χ3v) is 4.38. The minimum Gasteiger partial charge on any atom is -0.370 e. The summed E-state index contributed by atoms with van der Waals surface area (Å²) in [6, 6.07) is 13.1. The zero-order chi connectivity index (χ0) is 13.2. The number of rotatable bonds is 2. The Bertz CT molecular complexity index is 589. The summed E-state index contributed by atoms with van der Waals surface area (Å²) in [4.78, 5) is 5.86. The first kappa shape index (κ1) is 12.2. The van der Waals surface area contributed by atoms with Crippen LogP contribution in [0.15, 0.2) is 46.8 Å². The summed E-state index contributed by atoms with van der Waals surface area (Å²) in [6.07, 6.45) is 0.949. The minimum atomic E-state index is 0.147. The van der Waals surface area contributed by atoms with E-state index in [1.807, 2.05) is 0 Å². The van der Waals surface area contributed by atoms with E-state index in [-0.39, 0.29) is 12.1 Å². The van der Waals surface area contributed by atoms with E-state index in [1.165, 1.54) is 16.0 Å². The number of guanidine groups is 1. The van der Waals surface area contributed by atoms with Crippen LogP contribution >= 0.6 is 11.3 Å². The van der Waals surface area contributed by atoms with E-state index >= 15 is 0 Å². The second-order valence-corrected chi connectivity index (χ2v) is 5.87. The molecule has 0 bridgehead atoms. The molecule has 2 aromatic rings. The molecule has 0 fully saturated rings. The maximum Gasteiger partial charge on any atom is 0.189 e. The van der Waals surface area contributed by atoms with Crippen LogP contribution in [0.4, 0.5) is 0 Å². The van der Waals surface area contributed by atoms with Gasteiger partial charge in [-0.25, -0.2) is 4.99 Å². The van der Waals surface area contributed by atoms with Gasteiger partial charge in [-0.15, -0.1) is 11.3 Å². The molecule has 3 rings (SSSR count). The number of aryl methyl sites for hydroxylation is 1. The van der Waals surface area contributed by atoms with Gasteiger partial charge in [-0.05, 0) is 30.4 Å². The Kier molecular flexibility index (Phi) is 3.25. The summed E-state index contributed by atoms with van der Waals surface area (Å²) in [5.41, 5.74) is 8.44. The number of benzene rings is 1. The van der Waals surface area contributed by atoms with E-state index < -0.39 is 0 Å². The van der Waals surface area contributed by atoms with Crippen molar-refractivity contribution in [1.82, 2.24) is 5.32 Å². The number of hydrogen-bond donors (Lipinski definition) is 2. The van der Waals surface area contributed by atoms with E-state index in [1.54, 1.807) is 11.3 Å². The first-order valence-corrected chi connectivity index (χ1v) is 7.30. The van der Waals surface area contributed by atoms with Crippen molar-refractivity contribution in [3.05, 3.63) is 57.8 Å². The van der Waals surface area contributed by atoms with Gasteiger partial charge >= 0.3 is 0 Å². The molecule has 0 radical (unpaired) electrons. The van der Waals surface area contributed by atoms with Crippen molar-refractivity contribution in [1.29, 1.82) is 0 Å². The van der Waals surface area contributed by atoms with Crippen LogP contribution in [0.25, 0.3) is 0 Å². The minimum absolute atomic E-state index is 0.147. The topological polar surface area (TPSA) is 50.4 Å². The predicted octanol–water partition coefficient (Wildman–Crippen LogP) is 3.15. The summed E-state index contributed by atoms with van der Waals surface area (Å²) in [5.74, 6) is 0.538. The fraction of sp³-hybridized carbons (Fsp3) is 0.267. The summed E-state index contributed by atoms with van der Waals surface area (Å²) < 4.78 is 0. The maximum absolute atomic E-state index is 5.94. The van der Waals surface area contributed by atoms with Gasteiger partial charge < -0.3 is 11.1 Å². The zero-order valence-corrected chi connectivity index (χ0v) is 11.7. The Balaban J connectivity index is 1.88. The van der Waals surface area contributed by atoms with Gasteiger partial charge in [0.05, 0.1) is 12.1 Å². The molecule has 0 amide bonds. The van der Waals surface area contributed by atoms with Crippen molar-refractivity contribution < 1.29 is 0 Å². The van der Waals surface area contributed by atoms with Gasteiger partial charge in [0.1, 0.15) is 0 Å². The first-order valence-electron chi connectivity index (χ1n) is 6.42. The van der Waals surface area contributed by atoms with Crippen LogP contribution in [0, 0.1) is 6.92 Å². The van der Waals surface area contributed by atoms with E-state index in [9.17, 15) is 0 Å². The van der Waals surface area contributed by atoms with Gasteiger partial charge in [0, 0.05) is 4.88 Å². The normalized spacial score (nSPS) is 22.7. The van der Waals surface area contributed by atoms with Crippen LogP contribution in [0.1, 0.15) is 34.5 Å². The predicted molar refractivity (Wildman–Crippen MR) is 80.4 cm³/mol. The molecule has 2 unspecified atom stereocenters. The standard InChI is InChI=1S/C15H17N3S/c1-10-4-2-5-11(8-10)12-9-13(18-15(16)17-12)14-6-3-7-19-14/h2-8,12-13H,9H2,1H3,(H3,16,17,18). The second-order valence-electron chi connectivity index (χ2n) is 4.89. The van der Waals surface area contributed by atoms with Crippen LogP contribution in [0.5, 0.6) is 0 Å². The molecule has 0 saturated carbocycles. The molecule has 0 spiro atoms. The smallest absolute Gasteiger partial charge is 0.189 e. The SMILES string of the molecule is Cc1cccc(C2CC(c3cccs3)NC(N)=N2)c1. The van der Waals surface area contributed by atoms with Crippen LogP contribution < -0.4 is 11.1 Å². The summed E-state index contributed by atoms with van der Waals surface area (Å²) >= 11 is 1.76. The summed E-state index contributed by atoms with van der Waals surface area (Å²) in [5, 5.41) is 5.37. The number of aliphatic imine (C=N–C) groups is 1. The molecule has 1 aromatic heterocycles. The molecule has 1 aliphatic heterocycles. The molecular formula is C15H17N3S. The molecule has 2 atom stereocenters. The van der Waals surface area contributed by atoms with Crippen LogP contribution in [0.3, 0.4) is 0 Å². The lowest BCUT2D eigenvalue weighted by molar-refractivity contribution is 0.493. The van der Waals surface area contributed by atoms with Crippen molar-refractivity contribution in [2.75, 3.05) is 0 Å². The van der Waals surface area contributed by atoms with Crippen molar-refractivity contribution >= 4 is 17.3 Å². The summed E-state index contributed by atoms with van der Waals surface area (Å²) in [6.45, 7) is 2.11. The Morgan fingerprint density at radius 2 is 2.21 bits per heavy atom. The van der Waals surface area contributed by atoms with Crippen molar-refractivity contribution in [2.45, 2.75) is 25.4 Å². The number of nitrogens with two attached hydrogens (primary N) is 1. The number of hydrogen-bond acceptors (Lipinski definition) is 4. The first-order chi connectivity index (χ1) is 9.22. The number of nitrogens with one attached hydrogen (secondary N) is 1.